The van der Waals surface area contributed by atoms with Crippen molar-refractivity contribution in [3.05, 3.63) is 11.8 Å². The van der Waals surface area contributed by atoms with Crippen LogP contribution in [0, 0.1) is 0 Å². The molecule has 0 radical (unpaired) electrons. The molecule has 25 heavy (non-hydrogen) atoms. The molecule has 7 heteroatoms. The molecular weight excluding hydrogens is 314 g/mol. The third kappa shape index (κ3) is 6.09. The summed E-state index contributed by atoms with van der Waals surface area (Å²) in [6.45, 7) is 8.49. The van der Waals surface area contributed by atoms with Crippen LogP contribution in [0.15, 0.2) is 6.07 Å². The molecule has 7 nitrogen and oxygen atoms in total. The highest BCUT2D eigenvalue weighted by Gasteiger charge is 2.26. The normalized spacial score (nSPS) is 19.4. The number of nitrogens with zero attached hydrogens (tertiary/aromatic N) is 5. The van der Waals surface area contributed by atoms with Crippen LogP contribution in [0.2, 0.25) is 0 Å². The van der Waals surface area contributed by atoms with Gasteiger partial charge in [0.05, 0.1) is 5.69 Å². The summed E-state index contributed by atoms with van der Waals surface area (Å²) in [5.74, 6) is 2.35. The Labute approximate surface area is 151 Å². The van der Waals surface area contributed by atoms with E-state index in [0.29, 0.717) is 5.92 Å². The fraction of sp³-hybridized carbons (Fsp3) is 0.778. The van der Waals surface area contributed by atoms with E-state index >= 15 is 0 Å². The summed E-state index contributed by atoms with van der Waals surface area (Å²) in [6, 6.07) is 2.14. The minimum absolute atomic E-state index is 0.635. The number of aromatic nitrogens is 2. The molecular formula is C18H33N7. The summed E-state index contributed by atoms with van der Waals surface area (Å²) < 4.78 is 0. The summed E-state index contributed by atoms with van der Waals surface area (Å²) in [4.78, 5) is 16.4. The van der Waals surface area contributed by atoms with Crippen molar-refractivity contribution >= 4 is 11.8 Å². The van der Waals surface area contributed by atoms with Gasteiger partial charge in [-0.3, -0.25) is 4.90 Å². The zero-order chi connectivity index (χ0) is 17.6. The van der Waals surface area contributed by atoms with E-state index in [4.69, 9.17) is 4.98 Å². The largest absolute Gasteiger partial charge is 0.369 e. The summed E-state index contributed by atoms with van der Waals surface area (Å²) in [5, 5.41) is 6.87. The van der Waals surface area contributed by atoms with Gasteiger partial charge >= 0.3 is 0 Å². The number of nitrogens with one attached hydrogen (secondary N) is 2. The van der Waals surface area contributed by atoms with E-state index in [1.165, 1.54) is 31.6 Å². The maximum atomic E-state index is 4.70. The van der Waals surface area contributed by atoms with Gasteiger partial charge in [-0.2, -0.15) is 4.98 Å². The van der Waals surface area contributed by atoms with Gasteiger partial charge in [0, 0.05) is 64.3 Å². The molecule has 0 bridgehead atoms. The Bertz CT molecular complexity index is 536. The van der Waals surface area contributed by atoms with Crippen molar-refractivity contribution in [3.8, 4) is 0 Å². The average Bonchev–Trinajstić information content (AvgIpc) is 3.41. The molecule has 0 atom stereocenters. The molecule has 2 N–H and O–H groups in total. The Balaban J connectivity index is 1.51. The Kier molecular flexibility index (Phi) is 6.45. The molecule has 0 aromatic carbocycles. The van der Waals surface area contributed by atoms with Crippen LogP contribution >= 0.6 is 0 Å². The Morgan fingerprint density at radius 3 is 2.52 bits per heavy atom. The van der Waals surface area contributed by atoms with Crippen LogP contribution in [0.25, 0.3) is 0 Å². The lowest BCUT2D eigenvalue weighted by Crippen LogP contribution is -2.45. The molecule has 1 aliphatic carbocycles. The molecule has 0 amide bonds. The lowest BCUT2D eigenvalue weighted by molar-refractivity contribution is 0.158. The van der Waals surface area contributed by atoms with Crippen LogP contribution in [0.1, 0.15) is 24.5 Å². The van der Waals surface area contributed by atoms with Crippen LogP contribution in [0.4, 0.5) is 11.8 Å². The maximum absolute atomic E-state index is 4.70. The maximum Gasteiger partial charge on any atom is 0.224 e. The molecule has 1 aliphatic heterocycles. The lowest BCUT2D eigenvalue weighted by atomic mass is 10.3. The summed E-state index contributed by atoms with van der Waals surface area (Å²) >= 11 is 0. The number of likely N-dealkylation sites (N-methyl/N-ethyl adjacent to an activating group) is 2. The van der Waals surface area contributed by atoms with E-state index in [2.05, 4.69) is 57.5 Å². The first kappa shape index (κ1) is 18.4. The van der Waals surface area contributed by atoms with Gasteiger partial charge in [0.15, 0.2) is 0 Å². The third-order valence-electron chi connectivity index (χ3n) is 4.91. The zero-order valence-corrected chi connectivity index (χ0v) is 16.0. The van der Waals surface area contributed by atoms with Gasteiger partial charge in [-0.25, -0.2) is 4.98 Å². The van der Waals surface area contributed by atoms with Crippen molar-refractivity contribution in [2.45, 2.75) is 18.8 Å². The predicted molar refractivity (Wildman–Crippen MR) is 103 cm³/mol. The van der Waals surface area contributed by atoms with Gasteiger partial charge in [0.2, 0.25) is 5.95 Å². The zero-order valence-electron chi connectivity index (χ0n) is 16.0. The first-order valence-electron chi connectivity index (χ1n) is 9.52. The van der Waals surface area contributed by atoms with Gasteiger partial charge < -0.3 is 20.4 Å². The summed E-state index contributed by atoms with van der Waals surface area (Å²) in [6.07, 6.45) is 2.52. The SMILES string of the molecule is CN(C)CCNc1nc(NCCN2CCN(C)CC2)cc(C2CC2)n1. The second-order valence-electron chi connectivity index (χ2n) is 7.58. The summed E-state index contributed by atoms with van der Waals surface area (Å²) in [7, 11) is 6.35. The third-order valence-corrected chi connectivity index (χ3v) is 4.91. The molecule has 2 fully saturated rings. The lowest BCUT2D eigenvalue weighted by Gasteiger charge is -2.32. The fourth-order valence-corrected chi connectivity index (χ4v) is 3.03. The minimum Gasteiger partial charge on any atom is -0.369 e. The predicted octanol–water partition coefficient (Wildman–Crippen LogP) is 0.987. The average molecular weight is 348 g/mol. The van der Waals surface area contributed by atoms with E-state index in [1.807, 2.05) is 0 Å². The van der Waals surface area contributed by atoms with Crippen LogP contribution in [-0.4, -0.2) is 98.2 Å². The van der Waals surface area contributed by atoms with Gasteiger partial charge in [-0.15, -0.1) is 0 Å². The van der Waals surface area contributed by atoms with Gasteiger partial charge in [0.25, 0.3) is 0 Å². The second kappa shape index (κ2) is 8.78. The first-order chi connectivity index (χ1) is 12.1. The first-order valence-corrected chi connectivity index (χ1v) is 9.52. The Hall–Kier alpha value is -1.44. The molecule has 2 heterocycles. The molecule has 0 spiro atoms. The molecule has 2 aliphatic rings. The second-order valence-corrected chi connectivity index (χ2v) is 7.58. The molecule has 0 unspecified atom stereocenters. The van der Waals surface area contributed by atoms with Crippen LogP contribution < -0.4 is 10.6 Å². The smallest absolute Gasteiger partial charge is 0.224 e. The topological polar surface area (TPSA) is 59.6 Å². The molecule has 3 rings (SSSR count). The van der Waals surface area contributed by atoms with Crippen molar-refractivity contribution < 1.29 is 0 Å². The van der Waals surface area contributed by atoms with Crippen LogP contribution in [0.3, 0.4) is 0 Å². The highest BCUT2D eigenvalue weighted by Crippen LogP contribution is 2.39. The van der Waals surface area contributed by atoms with Gasteiger partial charge in [-0.05, 0) is 34.0 Å². The number of anilines is 2. The molecule has 1 aromatic heterocycles. The molecule has 1 aromatic rings. The van der Waals surface area contributed by atoms with Crippen molar-refractivity contribution in [1.29, 1.82) is 0 Å². The van der Waals surface area contributed by atoms with Crippen molar-refractivity contribution in [3.63, 3.8) is 0 Å². The van der Waals surface area contributed by atoms with Crippen molar-refractivity contribution in [2.75, 3.05) is 84.1 Å². The van der Waals surface area contributed by atoms with Crippen LogP contribution in [-0.2, 0) is 0 Å². The number of hydrogen-bond acceptors (Lipinski definition) is 7. The fourth-order valence-electron chi connectivity index (χ4n) is 3.03. The van der Waals surface area contributed by atoms with E-state index in [-0.39, 0.29) is 0 Å². The molecule has 1 saturated carbocycles. The number of rotatable bonds is 9. The van der Waals surface area contributed by atoms with Crippen molar-refractivity contribution in [2.24, 2.45) is 0 Å². The number of piperazine rings is 1. The number of hydrogen-bond donors (Lipinski definition) is 2. The highest BCUT2D eigenvalue weighted by atomic mass is 15.3. The van der Waals surface area contributed by atoms with E-state index in [0.717, 1.165) is 51.0 Å². The Morgan fingerprint density at radius 2 is 1.84 bits per heavy atom. The summed E-state index contributed by atoms with van der Waals surface area (Å²) in [5.41, 5.74) is 1.18. The highest BCUT2D eigenvalue weighted by molar-refractivity contribution is 5.44. The Morgan fingerprint density at radius 1 is 1.08 bits per heavy atom. The van der Waals surface area contributed by atoms with Crippen LogP contribution in [0.5, 0.6) is 0 Å². The monoisotopic (exact) mass is 347 g/mol. The van der Waals surface area contributed by atoms with Gasteiger partial charge in [0.1, 0.15) is 5.82 Å². The molecule has 140 valence electrons. The van der Waals surface area contributed by atoms with E-state index < -0.39 is 0 Å². The molecule has 1 saturated heterocycles. The van der Waals surface area contributed by atoms with Gasteiger partial charge in [-0.1, -0.05) is 0 Å². The minimum atomic E-state index is 0.635. The van der Waals surface area contributed by atoms with Crippen molar-refractivity contribution in [1.82, 2.24) is 24.7 Å². The standard InChI is InChI=1S/C18H33N7/c1-23(2)8-6-20-18-21-16(15-4-5-15)14-17(22-18)19-7-9-25-12-10-24(3)11-13-25/h14-15H,4-13H2,1-3H3,(H2,19,20,21,22). The van der Waals surface area contributed by atoms with E-state index in [1.54, 1.807) is 0 Å². The quantitative estimate of drug-likeness (QED) is 0.691. The van der Waals surface area contributed by atoms with E-state index in [9.17, 15) is 0 Å².